The Hall–Kier alpha value is -2.58. The van der Waals surface area contributed by atoms with Crippen molar-refractivity contribution >= 4 is 17.5 Å². The summed E-state index contributed by atoms with van der Waals surface area (Å²) in [6.45, 7) is 0.0775. The van der Waals surface area contributed by atoms with Crippen molar-refractivity contribution in [1.29, 1.82) is 0 Å². The highest BCUT2D eigenvalue weighted by atomic mass is 19.1. The number of nitro groups is 1. The van der Waals surface area contributed by atoms with E-state index in [0.29, 0.717) is 6.07 Å². The van der Waals surface area contributed by atoms with Crippen LogP contribution in [0.1, 0.15) is 10.4 Å². The first kappa shape index (κ1) is 13.8. The van der Waals surface area contributed by atoms with Crippen LogP contribution in [-0.2, 0) is 4.79 Å². The van der Waals surface area contributed by atoms with Crippen molar-refractivity contribution in [2.75, 3.05) is 19.6 Å². The maximum atomic E-state index is 13.6. The minimum absolute atomic E-state index is 0.148. The van der Waals surface area contributed by atoms with Gasteiger partial charge in [-0.15, -0.1) is 0 Å². The van der Waals surface area contributed by atoms with Crippen LogP contribution in [0.2, 0.25) is 0 Å². The zero-order valence-corrected chi connectivity index (χ0v) is 10.1. The minimum atomic E-state index is -1.36. The van der Waals surface area contributed by atoms with Crippen molar-refractivity contribution in [1.82, 2.24) is 10.2 Å². The molecule has 1 N–H and O–H groups in total. The highest BCUT2D eigenvalue weighted by molar-refractivity contribution is 5.97. The Labute approximate surface area is 111 Å². The van der Waals surface area contributed by atoms with E-state index in [1.165, 1.54) is 0 Å². The molecule has 1 aromatic rings. The van der Waals surface area contributed by atoms with Gasteiger partial charge in [-0.25, -0.2) is 4.39 Å². The molecule has 20 heavy (non-hydrogen) atoms. The van der Waals surface area contributed by atoms with Gasteiger partial charge in [-0.1, -0.05) is 0 Å². The highest BCUT2D eigenvalue weighted by Gasteiger charge is 2.28. The van der Waals surface area contributed by atoms with Crippen molar-refractivity contribution < 1.29 is 23.3 Å². The normalized spacial score (nSPS) is 14.9. The predicted octanol–water partition coefficient (Wildman–Crippen LogP) is 0.445. The number of carbonyl (C=O) groups excluding carboxylic acids is 2. The first-order valence-electron chi connectivity index (χ1n) is 5.59. The van der Waals surface area contributed by atoms with Crippen LogP contribution in [0.5, 0.6) is 0 Å². The summed E-state index contributed by atoms with van der Waals surface area (Å²) in [5.74, 6) is -3.87. The number of halogens is 2. The molecule has 1 aliphatic rings. The van der Waals surface area contributed by atoms with Gasteiger partial charge in [0.1, 0.15) is 5.82 Å². The van der Waals surface area contributed by atoms with Crippen LogP contribution >= 0.6 is 0 Å². The van der Waals surface area contributed by atoms with Crippen LogP contribution in [0, 0.1) is 21.7 Å². The Kier molecular flexibility index (Phi) is 3.59. The first-order chi connectivity index (χ1) is 9.40. The van der Waals surface area contributed by atoms with Crippen LogP contribution in [0.3, 0.4) is 0 Å². The van der Waals surface area contributed by atoms with Crippen LogP contribution in [0.4, 0.5) is 14.5 Å². The summed E-state index contributed by atoms with van der Waals surface area (Å²) < 4.78 is 26.8. The first-order valence-corrected chi connectivity index (χ1v) is 5.59. The quantitative estimate of drug-likeness (QED) is 0.630. The van der Waals surface area contributed by atoms with Gasteiger partial charge in [-0.05, 0) is 0 Å². The van der Waals surface area contributed by atoms with Crippen molar-refractivity contribution in [2.24, 2.45) is 0 Å². The van der Waals surface area contributed by atoms with E-state index in [2.05, 4.69) is 5.32 Å². The summed E-state index contributed by atoms with van der Waals surface area (Å²) in [6.07, 6.45) is 0. The fraction of sp³-hybridized carbons (Fsp3) is 0.273. The summed E-state index contributed by atoms with van der Waals surface area (Å²) >= 11 is 0. The van der Waals surface area contributed by atoms with Crippen molar-refractivity contribution in [3.63, 3.8) is 0 Å². The third-order valence-electron chi connectivity index (χ3n) is 2.79. The molecular weight excluding hydrogens is 276 g/mol. The van der Waals surface area contributed by atoms with E-state index in [0.717, 1.165) is 4.90 Å². The molecule has 1 fully saturated rings. The Morgan fingerprint density at radius 2 is 2.05 bits per heavy atom. The SMILES string of the molecule is O=C1CN(C(=O)c2cc([N+](=O)[O-])c(F)cc2F)CCN1. The molecule has 106 valence electrons. The van der Waals surface area contributed by atoms with Crippen LogP contribution in [0.25, 0.3) is 0 Å². The van der Waals surface area contributed by atoms with E-state index in [1.54, 1.807) is 0 Å². The molecule has 0 aromatic heterocycles. The minimum Gasteiger partial charge on any atom is -0.353 e. The molecule has 0 bridgehead atoms. The van der Waals surface area contributed by atoms with Gasteiger partial charge in [0.05, 0.1) is 17.0 Å². The number of nitrogens with one attached hydrogen (secondary N) is 1. The third-order valence-corrected chi connectivity index (χ3v) is 2.79. The highest BCUT2D eigenvalue weighted by Crippen LogP contribution is 2.22. The molecule has 1 heterocycles. The lowest BCUT2D eigenvalue weighted by atomic mass is 10.1. The summed E-state index contributed by atoms with van der Waals surface area (Å²) in [7, 11) is 0. The number of amides is 2. The van der Waals surface area contributed by atoms with Crippen LogP contribution < -0.4 is 5.32 Å². The van der Waals surface area contributed by atoms with Crippen molar-refractivity contribution in [3.05, 3.63) is 39.4 Å². The van der Waals surface area contributed by atoms with E-state index < -0.39 is 39.6 Å². The van der Waals surface area contributed by atoms with E-state index >= 15 is 0 Å². The molecule has 7 nitrogen and oxygen atoms in total. The monoisotopic (exact) mass is 285 g/mol. The second kappa shape index (κ2) is 5.19. The number of hydrogen-bond donors (Lipinski definition) is 1. The smallest absolute Gasteiger partial charge is 0.305 e. The number of piperazine rings is 1. The van der Waals surface area contributed by atoms with Gasteiger partial charge in [0.2, 0.25) is 11.7 Å². The van der Waals surface area contributed by atoms with Gasteiger partial charge in [0.15, 0.2) is 0 Å². The zero-order valence-electron chi connectivity index (χ0n) is 10.1. The molecule has 0 spiro atoms. The number of carbonyl (C=O) groups is 2. The van der Waals surface area contributed by atoms with E-state index in [9.17, 15) is 28.5 Å². The van der Waals surface area contributed by atoms with Crippen molar-refractivity contribution in [2.45, 2.75) is 0 Å². The number of hydrogen-bond acceptors (Lipinski definition) is 4. The number of nitrogens with zero attached hydrogens (tertiary/aromatic N) is 2. The maximum Gasteiger partial charge on any atom is 0.305 e. The van der Waals surface area contributed by atoms with Gasteiger partial charge in [0, 0.05) is 25.2 Å². The number of benzene rings is 1. The molecule has 2 rings (SSSR count). The molecule has 9 heteroatoms. The summed E-state index contributed by atoms with van der Waals surface area (Å²) in [4.78, 5) is 33.8. The lowest BCUT2D eigenvalue weighted by Crippen LogP contribution is -2.50. The molecule has 1 saturated heterocycles. The molecular formula is C11H9F2N3O4. The van der Waals surface area contributed by atoms with Gasteiger partial charge >= 0.3 is 5.69 Å². The Bertz CT molecular complexity index is 606. The summed E-state index contributed by atoms with van der Waals surface area (Å²) in [5, 5.41) is 13.1. The molecule has 0 aliphatic carbocycles. The van der Waals surface area contributed by atoms with Crippen LogP contribution in [0.15, 0.2) is 12.1 Å². The summed E-state index contributed by atoms with van der Waals surface area (Å²) in [5.41, 5.74) is -1.62. The average Bonchev–Trinajstić information content (AvgIpc) is 2.37. The fourth-order valence-electron chi connectivity index (χ4n) is 1.82. The third kappa shape index (κ3) is 2.56. The maximum absolute atomic E-state index is 13.6. The molecule has 1 aromatic carbocycles. The Morgan fingerprint density at radius 1 is 1.35 bits per heavy atom. The molecule has 0 saturated carbocycles. The van der Waals surface area contributed by atoms with Gasteiger partial charge in [-0.2, -0.15) is 4.39 Å². The number of rotatable bonds is 2. The Morgan fingerprint density at radius 3 is 2.65 bits per heavy atom. The average molecular weight is 285 g/mol. The largest absolute Gasteiger partial charge is 0.353 e. The molecule has 0 unspecified atom stereocenters. The van der Waals surface area contributed by atoms with Crippen molar-refractivity contribution in [3.8, 4) is 0 Å². The lowest BCUT2D eigenvalue weighted by molar-refractivity contribution is -0.387. The predicted molar refractivity (Wildman–Crippen MR) is 61.9 cm³/mol. The van der Waals surface area contributed by atoms with Crippen LogP contribution in [-0.4, -0.2) is 41.3 Å². The van der Waals surface area contributed by atoms with E-state index in [4.69, 9.17) is 0 Å². The van der Waals surface area contributed by atoms with Gasteiger partial charge in [0.25, 0.3) is 5.91 Å². The van der Waals surface area contributed by atoms with E-state index in [1.807, 2.05) is 0 Å². The molecule has 2 amide bonds. The lowest BCUT2D eigenvalue weighted by Gasteiger charge is -2.26. The number of nitro benzene ring substituents is 1. The fourth-order valence-corrected chi connectivity index (χ4v) is 1.82. The zero-order chi connectivity index (χ0) is 14.9. The van der Waals surface area contributed by atoms with E-state index in [-0.39, 0.29) is 25.7 Å². The van der Waals surface area contributed by atoms with Gasteiger partial charge < -0.3 is 10.2 Å². The molecule has 0 radical (unpaired) electrons. The second-order valence-corrected chi connectivity index (χ2v) is 4.12. The summed E-state index contributed by atoms with van der Waals surface area (Å²) in [6, 6.07) is 0.828. The second-order valence-electron chi connectivity index (χ2n) is 4.12. The topological polar surface area (TPSA) is 92.5 Å². The Balaban J connectivity index is 2.36. The standard InChI is InChI=1S/C11H9F2N3O4/c12-7-4-8(13)9(16(19)20)3-6(7)11(18)15-2-1-14-10(17)5-15/h3-4H,1-2,5H2,(H,14,17). The van der Waals surface area contributed by atoms with Gasteiger partial charge in [-0.3, -0.25) is 19.7 Å². The molecule has 1 aliphatic heterocycles. The molecule has 0 atom stereocenters.